The molecule has 2 unspecified atom stereocenters. The lowest BCUT2D eigenvalue weighted by atomic mass is 10.0. The molecule has 6 nitrogen and oxygen atoms in total. The van der Waals surface area contributed by atoms with Gasteiger partial charge < -0.3 is 20.3 Å². The molecule has 0 aromatic heterocycles. The monoisotopic (exact) mass is 722 g/mol. The van der Waals surface area contributed by atoms with Gasteiger partial charge in [0.1, 0.15) is 0 Å². The van der Waals surface area contributed by atoms with Crippen molar-refractivity contribution in [1.82, 2.24) is 5.32 Å². The van der Waals surface area contributed by atoms with Crippen molar-refractivity contribution in [3.05, 3.63) is 12.2 Å². The van der Waals surface area contributed by atoms with E-state index in [4.69, 9.17) is 4.74 Å². The van der Waals surface area contributed by atoms with E-state index in [0.29, 0.717) is 19.4 Å². The lowest BCUT2D eigenvalue weighted by molar-refractivity contribution is -0.143. The van der Waals surface area contributed by atoms with Crippen molar-refractivity contribution in [2.45, 2.75) is 251 Å². The quantitative estimate of drug-likeness (QED) is 0.0332. The standard InChI is InChI=1S/C45H87NO5/c1-3-5-7-9-11-13-15-19-23-27-31-35-39-45(50)51-40-36-32-28-24-20-16-18-22-26-30-34-38-44(49)46-42(41-47)43(48)37-33-29-25-21-17-14-12-10-8-6-4-2/h33,37,42-43,47-48H,3-32,34-36,38-41H2,1-2H3,(H,46,49)/b37-33+. The summed E-state index contributed by atoms with van der Waals surface area (Å²) in [5.74, 6) is -0.104. The minimum Gasteiger partial charge on any atom is -0.466 e. The number of aliphatic hydroxyl groups is 2. The molecule has 0 bridgehead atoms. The average Bonchev–Trinajstić information content (AvgIpc) is 3.13. The number of hydrogen-bond donors (Lipinski definition) is 3. The Bertz CT molecular complexity index is 757. The number of unbranched alkanes of at least 4 members (excludes halogenated alkanes) is 30. The Morgan fingerprint density at radius 2 is 0.902 bits per heavy atom. The van der Waals surface area contributed by atoms with Crippen LogP contribution >= 0.6 is 0 Å². The Morgan fingerprint density at radius 3 is 1.33 bits per heavy atom. The summed E-state index contributed by atoms with van der Waals surface area (Å²) in [5.41, 5.74) is 0. The third kappa shape index (κ3) is 38.1. The molecule has 0 aliphatic heterocycles. The second kappa shape index (κ2) is 41.4. The molecular formula is C45H87NO5. The molecule has 0 saturated carbocycles. The highest BCUT2D eigenvalue weighted by molar-refractivity contribution is 5.76. The molecule has 0 spiro atoms. The molecule has 0 aliphatic rings. The largest absolute Gasteiger partial charge is 0.466 e. The second-order valence-corrected chi connectivity index (χ2v) is 15.4. The smallest absolute Gasteiger partial charge is 0.305 e. The molecule has 0 radical (unpaired) electrons. The first-order chi connectivity index (χ1) is 25.0. The van der Waals surface area contributed by atoms with E-state index in [0.717, 1.165) is 57.8 Å². The molecule has 2 atom stereocenters. The number of esters is 1. The van der Waals surface area contributed by atoms with Crippen LogP contribution in [0.2, 0.25) is 0 Å². The van der Waals surface area contributed by atoms with Crippen LogP contribution in [0.1, 0.15) is 239 Å². The van der Waals surface area contributed by atoms with Gasteiger partial charge in [0.15, 0.2) is 0 Å². The van der Waals surface area contributed by atoms with Crippen LogP contribution in [-0.4, -0.2) is 47.4 Å². The number of hydrogen-bond acceptors (Lipinski definition) is 5. The molecule has 0 aromatic rings. The van der Waals surface area contributed by atoms with E-state index in [1.807, 2.05) is 6.08 Å². The third-order valence-electron chi connectivity index (χ3n) is 10.3. The highest BCUT2D eigenvalue weighted by atomic mass is 16.5. The first-order valence-corrected chi connectivity index (χ1v) is 22.5. The molecule has 0 aromatic carbocycles. The molecule has 3 N–H and O–H groups in total. The summed E-state index contributed by atoms with van der Waals surface area (Å²) in [7, 11) is 0. The van der Waals surface area contributed by atoms with E-state index >= 15 is 0 Å². The van der Waals surface area contributed by atoms with Crippen LogP contribution < -0.4 is 5.32 Å². The van der Waals surface area contributed by atoms with Crippen LogP contribution in [0.4, 0.5) is 0 Å². The van der Waals surface area contributed by atoms with E-state index < -0.39 is 12.1 Å². The van der Waals surface area contributed by atoms with Crippen LogP contribution in [0, 0.1) is 0 Å². The fraction of sp³-hybridized carbons (Fsp3) is 0.911. The predicted octanol–water partition coefficient (Wildman–Crippen LogP) is 12.6. The van der Waals surface area contributed by atoms with Crippen molar-refractivity contribution in [2.75, 3.05) is 13.2 Å². The van der Waals surface area contributed by atoms with Crippen molar-refractivity contribution < 1.29 is 24.5 Å². The van der Waals surface area contributed by atoms with Gasteiger partial charge in [-0.1, -0.05) is 206 Å². The molecule has 6 heteroatoms. The van der Waals surface area contributed by atoms with Gasteiger partial charge in [-0.3, -0.25) is 9.59 Å². The SMILES string of the molecule is CCCCCCCCCCC/C=C/C(O)C(CO)NC(=O)CCCCCCCCCCCCCOC(=O)CCCCCCCCCCCCCC. The van der Waals surface area contributed by atoms with E-state index in [1.54, 1.807) is 6.08 Å². The highest BCUT2D eigenvalue weighted by Crippen LogP contribution is 2.15. The van der Waals surface area contributed by atoms with Crippen molar-refractivity contribution in [3.63, 3.8) is 0 Å². The van der Waals surface area contributed by atoms with Gasteiger partial charge in [-0.25, -0.2) is 0 Å². The zero-order valence-corrected chi connectivity index (χ0v) is 34.1. The third-order valence-corrected chi connectivity index (χ3v) is 10.3. The number of rotatable bonds is 41. The van der Waals surface area contributed by atoms with Gasteiger partial charge in [0.25, 0.3) is 0 Å². The zero-order chi connectivity index (χ0) is 37.3. The van der Waals surface area contributed by atoms with Crippen LogP contribution in [0.25, 0.3) is 0 Å². The van der Waals surface area contributed by atoms with Crippen LogP contribution in [0.3, 0.4) is 0 Å². The Kier molecular flexibility index (Phi) is 40.2. The number of amides is 1. The number of aliphatic hydroxyl groups excluding tert-OH is 2. The maximum Gasteiger partial charge on any atom is 0.305 e. The van der Waals surface area contributed by atoms with Crippen molar-refractivity contribution in [2.24, 2.45) is 0 Å². The van der Waals surface area contributed by atoms with Gasteiger partial charge >= 0.3 is 5.97 Å². The van der Waals surface area contributed by atoms with Gasteiger partial charge in [0, 0.05) is 12.8 Å². The van der Waals surface area contributed by atoms with Crippen molar-refractivity contribution >= 4 is 11.9 Å². The lowest BCUT2D eigenvalue weighted by Gasteiger charge is -2.20. The molecule has 302 valence electrons. The Labute approximate surface area is 317 Å². The molecule has 0 rings (SSSR count). The maximum atomic E-state index is 12.4. The van der Waals surface area contributed by atoms with E-state index in [-0.39, 0.29) is 18.5 Å². The Balaban J connectivity index is 3.50. The number of nitrogens with one attached hydrogen (secondary N) is 1. The molecule has 0 aliphatic carbocycles. The van der Waals surface area contributed by atoms with Gasteiger partial charge in [-0.15, -0.1) is 0 Å². The minimum atomic E-state index is -0.853. The zero-order valence-electron chi connectivity index (χ0n) is 34.1. The number of carbonyl (C=O) groups excluding carboxylic acids is 2. The van der Waals surface area contributed by atoms with Gasteiger partial charge in [0.2, 0.25) is 5.91 Å². The van der Waals surface area contributed by atoms with Gasteiger partial charge in [-0.05, 0) is 32.1 Å². The summed E-state index contributed by atoms with van der Waals surface area (Å²) in [6.07, 6.45) is 44.8. The summed E-state index contributed by atoms with van der Waals surface area (Å²) in [6, 6.07) is -0.638. The fourth-order valence-corrected chi connectivity index (χ4v) is 6.81. The Morgan fingerprint density at radius 1 is 0.529 bits per heavy atom. The van der Waals surface area contributed by atoms with Crippen LogP contribution in [0.15, 0.2) is 12.2 Å². The normalized spacial score (nSPS) is 12.8. The number of carbonyl (C=O) groups is 2. The lowest BCUT2D eigenvalue weighted by Crippen LogP contribution is -2.45. The van der Waals surface area contributed by atoms with E-state index in [1.165, 1.54) is 154 Å². The summed E-state index contributed by atoms with van der Waals surface area (Å²) in [5, 5.41) is 22.9. The first kappa shape index (κ1) is 49.6. The van der Waals surface area contributed by atoms with E-state index in [2.05, 4.69) is 19.2 Å². The predicted molar refractivity (Wildman–Crippen MR) is 218 cm³/mol. The highest BCUT2D eigenvalue weighted by Gasteiger charge is 2.18. The van der Waals surface area contributed by atoms with Crippen molar-refractivity contribution in [3.8, 4) is 0 Å². The van der Waals surface area contributed by atoms with E-state index in [9.17, 15) is 19.8 Å². The molecular weight excluding hydrogens is 634 g/mol. The first-order valence-electron chi connectivity index (χ1n) is 22.5. The maximum absolute atomic E-state index is 12.4. The molecule has 0 saturated heterocycles. The molecule has 1 amide bonds. The molecule has 0 heterocycles. The summed E-state index contributed by atoms with van der Waals surface area (Å²) < 4.78 is 5.43. The van der Waals surface area contributed by atoms with Gasteiger partial charge in [0.05, 0.1) is 25.4 Å². The minimum absolute atomic E-state index is 0.0155. The van der Waals surface area contributed by atoms with Crippen LogP contribution in [0.5, 0.6) is 0 Å². The van der Waals surface area contributed by atoms with Crippen molar-refractivity contribution in [1.29, 1.82) is 0 Å². The number of allylic oxidation sites excluding steroid dienone is 1. The number of ether oxygens (including phenoxy) is 1. The second-order valence-electron chi connectivity index (χ2n) is 15.4. The Hall–Kier alpha value is -1.40. The summed E-state index contributed by atoms with van der Waals surface area (Å²) in [6.45, 7) is 4.83. The topological polar surface area (TPSA) is 95.9 Å². The molecule has 51 heavy (non-hydrogen) atoms. The summed E-state index contributed by atoms with van der Waals surface area (Å²) in [4.78, 5) is 24.3. The summed E-state index contributed by atoms with van der Waals surface area (Å²) >= 11 is 0. The molecule has 0 fully saturated rings. The van der Waals surface area contributed by atoms with Gasteiger partial charge in [-0.2, -0.15) is 0 Å². The fourth-order valence-electron chi connectivity index (χ4n) is 6.81. The van der Waals surface area contributed by atoms with Crippen LogP contribution in [-0.2, 0) is 14.3 Å². The average molecular weight is 722 g/mol.